The van der Waals surface area contributed by atoms with Crippen LogP contribution in [0.3, 0.4) is 0 Å². The van der Waals surface area contributed by atoms with Crippen molar-refractivity contribution >= 4 is 51.7 Å². The molecule has 0 saturated carbocycles. The summed E-state index contributed by atoms with van der Waals surface area (Å²) in [6.07, 6.45) is -0.139. The first-order valence-electron chi connectivity index (χ1n) is 9.48. The molecule has 1 aliphatic rings. The molecule has 0 fully saturated rings. The molecule has 0 bridgehead atoms. The van der Waals surface area contributed by atoms with Crippen LogP contribution in [0, 0.1) is 0 Å². The first-order valence-corrected chi connectivity index (χ1v) is 11.1. The molecule has 3 aromatic carbocycles. The Bertz CT molecular complexity index is 1180. The maximum atomic E-state index is 6.40. The molecule has 1 atom stereocenters. The third kappa shape index (κ3) is 3.47. The molecule has 2 heterocycles. The van der Waals surface area contributed by atoms with Gasteiger partial charge in [-0.1, -0.05) is 77.8 Å². The number of benzene rings is 3. The average Bonchev–Trinajstić information content (AvgIpc) is 3.45. The number of hydrogen-bond acceptors (Lipinski definition) is 4. The number of hydrogen-bond donors (Lipinski definition) is 0. The van der Waals surface area contributed by atoms with E-state index < -0.39 is 0 Å². The summed E-state index contributed by atoms with van der Waals surface area (Å²) < 4.78 is 0. The number of rotatable bonds is 4. The lowest BCUT2D eigenvalue weighted by molar-refractivity contribution is 0.716. The lowest BCUT2D eigenvalue weighted by Crippen LogP contribution is -2.35. The molecule has 0 saturated heterocycles. The van der Waals surface area contributed by atoms with Gasteiger partial charge in [0, 0.05) is 16.1 Å². The highest BCUT2D eigenvalue weighted by Gasteiger charge is 2.38. The zero-order chi connectivity index (χ0) is 20.5. The summed E-state index contributed by atoms with van der Waals surface area (Å²) in [4.78, 5) is 3.40. The second-order valence-corrected chi connectivity index (χ2v) is 8.62. The van der Waals surface area contributed by atoms with Gasteiger partial charge in [0.1, 0.15) is 0 Å². The van der Waals surface area contributed by atoms with E-state index in [1.54, 1.807) is 11.3 Å². The van der Waals surface area contributed by atoms with E-state index in [0.717, 1.165) is 22.8 Å². The number of hydrazone groups is 1. The molecule has 0 spiro atoms. The standard InChI is InChI=1S/C24H17Cl2N3S/c25-20-14-13-19(16-21(20)26)28-23(17-8-3-1-4-9-17)27-29(18-10-5-2-6-11-18)24(28)22-12-7-15-30-22/h1-16,24H. The van der Waals surface area contributed by atoms with Crippen LogP contribution in [0.25, 0.3) is 0 Å². The van der Waals surface area contributed by atoms with Crippen LogP contribution in [-0.4, -0.2) is 5.84 Å². The van der Waals surface area contributed by atoms with Crippen molar-refractivity contribution in [3.05, 3.63) is 117 Å². The Balaban J connectivity index is 1.72. The van der Waals surface area contributed by atoms with Gasteiger partial charge >= 0.3 is 0 Å². The lowest BCUT2D eigenvalue weighted by atomic mass is 10.1. The lowest BCUT2D eigenvalue weighted by Gasteiger charge is -2.31. The largest absolute Gasteiger partial charge is 0.297 e. The third-order valence-corrected chi connectivity index (χ3v) is 6.59. The Kier molecular flexibility index (Phi) is 5.21. The molecule has 148 valence electrons. The van der Waals surface area contributed by atoms with Gasteiger partial charge in [-0.2, -0.15) is 5.10 Å². The predicted octanol–water partition coefficient (Wildman–Crippen LogP) is 7.44. The van der Waals surface area contributed by atoms with E-state index in [9.17, 15) is 0 Å². The van der Waals surface area contributed by atoms with Gasteiger partial charge < -0.3 is 0 Å². The Morgan fingerprint density at radius 1 is 0.733 bits per heavy atom. The van der Waals surface area contributed by atoms with E-state index in [2.05, 4.69) is 51.7 Å². The summed E-state index contributed by atoms with van der Waals surface area (Å²) in [6, 6.07) is 30.3. The van der Waals surface area contributed by atoms with Gasteiger partial charge in [0.25, 0.3) is 0 Å². The first kappa shape index (κ1) is 19.2. The highest BCUT2D eigenvalue weighted by atomic mass is 35.5. The van der Waals surface area contributed by atoms with Crippen molar-refractivity contribution in [2.45, 2.75) is 6.17 Å². The van der Waals surface area contributed by atoms with E-state index in [4.69, 9.17) is 28.3 Å². The quantitative estimate of drug-likeness (QED) is 0.322. The molecular weight excluding hydrogens is 433 g/mol. The highest BCUT2D eigenvalue weighted by Crippen LogP contribution is 2.42. The Morgan fingerprint density at radius 2 is 1.47 bits per heavy atom. The predicted molar refractivity (Wildman–Crippen MR) is 128 cm³/mol. The smallest absolute Gasteiger partial charge is 0.164 e. The molecule has 1 aliphatic heterocycles. The van der Waals surface area contributed by atoms with Crippen LogP contribution in [0.2, 0.25) is 10.0 Å². The molecule has 5 rings (SSSR count). The average molecular weight is 450 g/mol. The molecule has 0 N–H and O–H groups in total. The van der Waals surface area contributed by atoms with E-state index in [1.807, 2.05) is 54.6 Å². The second-order valence-electron chi connectivity index (χ2n) is 6.83. The van der Waals surface area contributed by atoms with Crippen LogP contribution in [0.1, 0.15) is 16.6 Å². The van der Waals surface area contributed by atoms with E-state index in [-0.39, 0.29) is 6.17 Å². The van der Waals surface area contributed by atoms with E-state index in [0.29, 0.717) is 10.0 Å². The van der Waals surface area contributed by atoms with Crippen LogP contribution >= 0.6 is 34.5 Å². The van der Waals surface area contributed by atoms with Crippen molar-refractivity contribution in [1.29, 1.82) is 0 Å². The fourth-order valence-electron chi connectivity index (χ4n) is 3.58. The number of halogens is 2. The van der Waals surface area contributed by atoms with E-state index in [1.165, 1.54) is 4.88 Å². The SMILES string of the molecule is Clc1ccc(N2C(c3ccccc3)=NN(c3ccccc3)C2c2cccs2)cc1Cl. The monoisotopic (exact) mass is 449 g/mol. The molecule has 1 aromatic heterocycles. The molecule has 4 aromatic rings. The zero-order valence-corrected chi connectivity index (χ0v) is 18.1. The van der Waals surface area contributed by atoms with Crippen LogP contribution in [0.4, 0.5) is 11.4 Å². The number of amidine groups is 1. The minimum Gasteiger partial charge on any atom is -0.297 e. The summed E-state index contributed by atoms with van der Waals surface area (Å²) >= 11 is 14.3. The van der Waals surface area contributed by atoms with Crippen LogP contribution in [-0.2, 0) is 0 Å². The third-order valence-electron chi connectivity index (χ3n) is 4.94. The highest BCUT2D eigenvalue weighted by molar-refractivity contribution is 7.10. The van der Waals surface area contributed by atoms with Crippen LogP contribution in [0.15, 0.2) is 101 Å². The van der Waals surface area contributed by atoms with E-state index >= 15 is 0 Å². The van der Waals surface area contributed by atoms with Crippen LogP contribution < -0.4 is 9.91 Å². The van der Waals surface area contributed by atoms with Crippen molar-refractivity contribution in [2.24, 2.45) is 5.10 Å². The van der Waals surface area contributed by atoms with Crippen molar-refractivity contribution in [2.75, 3.05) is 9.91 Å². The number of nitrogens with zero attached hydrogens (tertiary/aromatic N) is 3. The first-order chi connectivity index (χ1) is 14.7. The maximum Gasteiger partial charge on any atom is 0.164 e. The van der Waals surface area contributed by atoms with Gasteiger partial charge in [0.2, 0.25) is 0 Å². The fraction of sp³-hybridized carbons (Fsp3) is 0.0417. The van der Waals surface area contributed by atoms with Gasteiger partial charge in [0.05, 0.1) is 15.7 Å². The molecule has 0 aliphatic carbocycles. The van der Waals surface area contributed by atoms with Crippen molar-refractivity contribution < 1.29 is 0 Å². The summed E-state index contributed by atoms with van der Waals surface area (Å²) in [5, 5.41) is 10.3. The molecule has 1 unspecified atom stereocenters. The van der Waals surface area contributed by atoms with Gasteiger partial charge in [-0.25, -0.2) is 5.01 Å². The number of para-hydroxylation sites is 1. The van der Waals surface area contributed by atoms with Crippen molar-refractivity contribution in [3.8, 4) is 0 Å². The maximum absolute atomic E-state index is 6.40. The molecule has 3 nitrogen and oxygen atoms in total. The summed E-state index contributed by atoms with van der Waals surface area (Å²) in [5.74, 6) is 0.858. The van der Waals surface area contributed by atoms with Gasteiger partial charge in [-0.15, -0.1) is 11.3 Å². The molecular formula is C24H17Cl2N3S. The zero-order valence-electron chi connectivity index (χ0n) is 15.8. The molecule has 0 radical (unpaired) electrons. The Labute approximate surface area is 189 Å². The minimum absolute atomic E-state index is 0.139. The van der Waals surface area contributed by atoms with Gasteiger partial charge in [-0.05, 0) is 41.8 Å². The summed E-state index contributed by atoms with van der Waals surface area (Å²) in [7, 11) is 0. The molecule has 30 heavy (non-hydrogen) atoms. The molecule has 6 heteroatoms. The Morgan fingerprint density at radius 3 is 2.13 bits per heavy atom. The fourth-order valence-corrected chi connectivity index (χ4v) is 4.67. The van der Waals surface area contributed by atoms with Crippen molar-refractivity contribution in [1.82, 2.24) is 0 Å². The number of anilines is 2. The van der Waals surface area contributed by atoms with Crippen molar-refractivity contribution in [3.63, 3.8) is 0 Å². The van der Waals surface area contributed by atoms with Gasteiger partial charge in [0.15, 0.2) is 12.0 Å². The molecule has 0 amide bonds. The normalized spacial score (nSPS) is 16.1. The summed E-state index contributed by atoms with van der Waals surface area (Å²) in [6.45, 7) is 0. The van der Waals surface area contributed by atoms with Gasteiger partial charge in [-0.3, -0.25) is 4.90 Å². The Hall–Kier alpha value is -2.79. The second kappa shape index (κ2) is 8.15. The van der Waals surface area contributed by atoms with Crippen LogP contribution in [0.5, 0.6) is 0 Å². The number of thiophene rings is 1. The minimum atomic E-state index is -0.139. The summed E-state index contributed by atoms with van der Waals surface area (Å²) in [5.41, 5.74) is 2.99. The topological polar surface area (TPSA) is 18.8 Å².